The van der Waals surface area contributed by atoms with Gasteiger partial charge in [-0.1, -0.05) is 0 Å². The lowest BCUT2D eigenvalue weighted by atomic mass is 10.1. The number of aromatic amines is 1. The van der Waals surface area contributed by atoms with Crippen LogP contribution in [-0.4, -0.2) is 16.9 Å². The number of hydrogen-bond acceptors (Lipinski definition) is 4. The summed E-state index contributed by atoms with van der Waals surface area (Å²) in [5.74, 6) is 0.345. The molecule has 3 rings (SSSR count). The maximum absolute atomic E-state index is 11.1. The SMILES string of the molecule is CC(=O)Oc1ccc(-c2[nH]c3ccc(OC(C)=O)cc3c2C)cc1. The monoisotopic (exact) mass is 323 g/mol. The molecule has 0 saturated heterocycles. The number of fused-ring (bicyclic) bond motifs is 1. The first kappa shape index (κ1) is 15.8. The van der Waals surface area contributed by atoms with Crippen molar-refractivity contribution in [2.24, 2.45) is 0 Å². The highest BCUT2D eigenvalue weighted by atomic mass is 16.5. The van der Waals surface area contributed by atoms with Gasteiger partial charge in [0.2, 0.25) is 0 Å². The van der Waals surface area contributed by atoms with Gasteiger partial charge in [-0.15, -0.1) is 0 Å². The number of esters is 2. The normalized spacial score (nSPS) is 10.6. The van der Waals surface area contributed by atoms with Crippen molar-refractivity contribution in [1.82, 2.24) is 4.98 Å². The molecule has 5 heteroatoms. The molecule has 1 heterocycles. The van der Waals surface area contributed by atoms with Gasteiger partial charge in [0.1, 0.15) is 11.5 Å². The van der Waals surface area contributed by atoms with Crippen molar-refractivity contribution in [3.8, 4) is 22.8 Å². The molecule has 3 aromatic rings. The van der Waals surface area contributed by atoms with Gasteiger partial charge < -0.3 is 14.5 Å². The molecule has 0 spiro atoms. The molecule has 0 aliphatic rings. The van der Waals surface area contributed by atoms with Crippen molar-refractivity contribution < 1.29 is 19.1 Å². The minimum atomic E-state index is -0.345. The second-order valence-electron chi connectivity index (χ2n) is 5.54. The van der Waals surface area contributed by atoms with Crippen molar-refractivity contribution in [3.05, 3.63) is 48.0 Å². The van der Waals surface area contributed by atoms with Gasteiger partial charge in [-0.2, -0.15) is 0 Å². The standard InChI is InChI=1S/C19H17NO4/c1-11-17-10-16(24-13(3)22)8-9-18(17)20-19(11)14-4-6-15(7-5-14)23-12(2)21/h4-10,20H,1-3H3. The number of rotatable bonds is 3. The molecule has 0 atom stereocenters. The molecule has 0 bridgehead atoms. The average Bonchev–Trinajstić information content (AvgIpc) is 2.84. The van der Waals surface area contributed by atoms with Gasteiger partial charge in [-0.3, -0.25) is 9.59 Å². The number of nitrogens with one attached hydrogen (secondary N) is 1. The number of aryl methyl sites for hydroxylation is 1. The zero-order valence-corrected chi connectivity index (χ0v) is 13.7. The Morgan fingerprint density at radius 2 is 1.46 bits per heavy atom. The fourth-order valence-electron chi connectivity index (χ4n) is 2.68. The third-order valence-electron chi connectivity index (χ3n) is 3.70. The molecule has 0 aliphatic heterocycles. The smallest absolute Gasteiger partial charge is 0.308 e. The molecule has 2 aromatic carbocycles. The van der Waals surface area contributed by atoms with E-state index in [4.69, 9.17) is 9.47 Å². The van der Waals surface area contributed by atoms with Crippen LogP contribution in [0.4, 0.5) is 0 Å². The van der Waals surface area contributed by atoms with Crippen LogP contribution in [0.2, 0.25) is 0 Å². The first-order valence-corrected chi connectivity index (χ1v) is 7.53. The van der Waals surface area contributed by atoms with E-state index in [1.165, 1.54) is 13.8 Å². The lowest BCUT2D eigenvalue weighted by Gasteiger charge is -2.04. The summed E-state index contributed by atoms with van der Waals surface area (Å²) in [6, 6.07) is 12.8. The maximum atomic E-state index is 11.1. The number of carbonyl (C=O) groups is 2. The summed E-state index contributed by atoms with van der Waals surface area (Å²) in [4.78, 5) is 25.5. The Bertz CT molecular complexity index is 922. The summed E-state index contributed by atoms with van der Waals surface area (Å²) in [6.45, 7) is 4.76. The third kappa shape index (κ3) is 3.15. The molecule has 0 fully saturated rings. The van der Waals surface area contributed by atoms with E-state index in [1.54, 1.807) is 18.2 Å². The van der Waals surface area contributed by atoms with Crippen LogP contribution in [-0.2, 0) is 9.59 Å². The number of carbonyl (C=O) groups excluding carboxylic acids is 2. The number of aromatic nitrogens is 1. The van der Waals surface area contributed by atoms with Crippen molar-refractivity contribution in [2.75, 3.05) is 0 Å². The number of hydrogen-bond donors (Lipinski definition) is 1. The quantitative estimate of drug-likeness (QED) is 0.584. The Kier molecular flexibility index (Phi) is 4.08. The van der Waals surface area contributed by atoms with Crippen LogP contribution in [0.1, 0.15) is 19.4 Å². The van der Waals surface area contributed by atoms with Crippen LogP contribution < -0.4 is 9.47 Å². The first-order chi connectivity index (χ1) is 11.4. The van der Waals surface area contributed by atoms with E-state index in [1.807, 2.05) is 31.2 Å². The van der Waals surface area contributed by atoms with E-state index in [-0.39, 0.29) is 11.9 Å². The van der Waals surface area contributed by atoms with Gasteiger partial charge in [0, 0.05) is 30.4 Å². The molecule has 122 valence electrons. The van der Waals surface area contributed by atoms with Gasteiger partial charge in [0.25, 0.3) is 0 Å². The third-order valence-corrected chi connectivity index (χ3v) is 3.70. The van der Waals surface area contributed by atoms with Gasteiger partial charge in [-0.05, 0) is 60.5 Å². The van der Waals surface area contributed by atoms with Crippen LogP contribution in [0.5, 0.6) is 11.5 Å². The molecule has 1 N–H and O–H groups in total. The minimum Gasteiger partial charge on any atom is -0.427 e. The molecule has 5 nitrogen and oxygen atoms in total. The second kappa shape index (κ2) is 6.20. The van der Waals surface area contributed by atoms with E-state index in [0.29, 0.717) is 11.5 Å². The number of ether oxygens (including phenoxy) is 2. The number of H-pyrrole nitrogens is 1. The zero-order chi connectivity index (χ0) is 17.3. The highest BCUT2D eigenvalue weighted by Gasteiger charge is 2.11. The Hall–Kier alpha value is -3.08. The molecular formula is C19H17NO4. The van der Waals surface area contributed by atoms with E-state index in [0.717, 1.165) is 27.7 Å². The summed E-state index contributed by atoms with van der Waals surface area (Å²) < 4.78 is 10.2. The molecular weight excluding hydrogens is 306 g/mol. The lowest BCUT2D eigenvalue weighted by molar-refractivity contribution is -0.132. The van der Waals surface area contributed by atoms with E-state index < -0.39 is 0 Å². The summed E-state index contributed by atoms with van der Waals surface area (Å²) in [7, 11) is 0. The average molecular weight is 323 g/mol. The second-order valence-corrected chi connectivity index (χ2v) is 5.54. The molecule has 1 aromatic heterocycles. The Morgan fingerprint density at radius 1 is 0.875 bits per heavy atom. The topological polar surface area (TPSA) is 68.4 Å². The molecule has 0 aliphatic carbocycles. The summed E-state index contributed by atoms with van der Waals surface area (Å²) >= 11 is 0. The van der Waals surface area contributed by atoms with Gasteiger partial charge in [0.05, 0.1) is 0 Å². The molecule has 0 radical (unpaired) electrons. The van der Waals surface area contributed by atoms with Crippen molar-refractivity contribution >= 4 is 22.8 Å². The van der Waals surface area contributed by atoms with Crippen LogP contribution in [0.15, 0.2) is 42.5 Å². The van der Waals surface area contributed by atoms with Crippen LogP contribution in [0, 0.1) is 6.92 Å². The Balaban J connectivity index is 1.99. The van der Waals surface area contributed by atoms with Gasteiger partial charge in [0.15, 0.2) is 0 Å². The highest BCUT2D eigenvalue weighted by molar-refractivity contribution is 5.91. The van der Waals surface area contributed by atoms with Gasteiger partial charge in [-0.25, -0.2) is 0 Å². The maximum Gasteiger partial charge on any atom is 0.308 e. The van der Waals surface area contributed by atoms with Crippen LogP contribution in [0.25, 0.3) is 22.2 Å². The zero-order valence-electron chi connectivity index (χ0n) is 13.7. The van der Waals surface area contributed by atoms with Crippen LogP contribution in [0.3, 0.4) is 0 Å². The lowest BCUT2D eigenvalue weighted by Crippen LogP contribution is -2.00. The largest absolute Gasteiger partial charge is 0.427 e. The molecule has 24 heavy (non-hydrogen) atoms. The van der Waals surface area contributed by atoms with Gasteiger partial charge >= 0.3 is 11.9 Å². The van der Waals surface area contributed by atoms with E-state index in [2.05, 4.69) is 4.98 Å². The van der Waals surface area contributed by atoms with E-state index >= 15 is 0 Å². The number of benzene rings is 2. The van der Waals surface area contributed by atoms with Crippen LogP contribution >= 0.6 is 0 Å². The summed E-state index contributed by atoms with van der Waals surface area (Å²) in [5.41, 5.74) is 3.97. The predicted octanol–water partition coefficient (Wildman–Crippen LogP) is 3.99. The highest BCUT2D eigenvalue weighted by Crippen LogP contribution is 2.32. The van der Waals surface area contributed by atoms with Crippen molar-refractivity contribution in [1.29, 1.82) is 0 Å². The molecule has 0 unspecified atom stereocenters. The van der Waals surface area contributed by atoms with Crippen molar-refractivity contribution in [3.63, 3.8) is 0 Å². The fourth-order valence-corrected chi connectivity index (χ4v) is 2.68. The Morgan fingerprint density at radius 3 is 2.08 bits per heavy atom. The summed E-state index contributed by atoms with van der Waals surface area (Å²) in [6.07, 6.45) is 0. The van der Waals surface area contributed by atoms with E-state index in [9.17, 15) is 9.59 Å². The first-order valence-electron chi connectivity index (χ1n) is 7.53. The fraction of sp³-hybridized carbons (Fsp3) is 0.158. The predicted molar refractivity (Wildman–Crippen MR) is 91.1 cm³/mol. The molecule has 0 saturated carbocycles. The summed E-state index contributed by atoms with van der Waals surface area (Å²) in [5, 5.41) is 0.993. The van der Waals surface area contributed by atoms with Crippen molar-refractivity contribution in [2.45, 2.75) is 20.8 Å². The minimum absolute atomic E-state index is 0.344. The molecule has 0 amide bonds. The Labute approximate surface area is 139 Å².